The molecule has 0 atom stereocenters. The Labute approximate surface area is 207 Å². The molecule has 6 heteroatoms. The molecule has 0 radical (unpaired) electrons. The van der Waals surface area contributed by atoms with E-state index in [-0.39, 0.29) is 5.91 Å². The molecule has 1 saturated heterocycles. The van der Waals surface area contributed by atoms with Crippen molar-refractivity contribution < 1.29 is 9.53 Å². The normalized spacial score (nSPS) is 20.1. The van der Waals surface area contributed by atoms with E-state index in [4.69, 9.17) is 9.72 Å². The number of hydrogen-bond acceptors (Lipinski definition) is 5. The van der Waals surface area contributed by atoms with E-state index in [9.17, 15) is 10.1 Å². The van der Waals surface area contributed by atoms with Crippen LogP contribution in [0.4, 0.5) is 5.82 Å². The number of nitrogens with zero attached hydrogens (tertiary/aromatic N) is 4. The molecule has 2 aliphatic carbocycles. The zero-order valence-corrected chi connectivity index (χ0v) is 20.3. The number of hydrogen-bond donors (Lipinski definition) is 0. The zero-order chi connectivity index (χ0) is 23.8. The number of anilines is 1. The van der Waals surface area contributed by atoms with Crippen molar-refractivity contribution >= 4 is 17.3 Å². The summed E-state index contributed by atoms with van der Waals surface area (Å²) < 4.78 is 5.81. The van der Waals surface area contributed by atoms with Gasteiger partial charge in [0.25, 0.3) is 5.91 Å². The second-order valence-corrected chi connectivity index (χ2v) is 10.2. The summed E-state index contributed by atoms with van der Waals surface area (Å²) in [5.41, 5.74) is 7.33. The van der Waals surface area contributed by atoms with Gasteiger partial charge in [-0.3, -0.25) is 4.79 Å². The van der Waals surface area contributed by atoms with Gasteiger partial charge in [0.1, 0.15) is 11.9 Å². The standard InChI is InChI=1S/C29H32N4O2/c30-18-25-23-12-17-35-19-26(23)27(21-7-2-1-3-8-21)31-28(25)32-13-15-33(16-14-32)29(34)24-11-10-20-6-4-5-9-22(20)24/h4-6,9,11,21H,1-3,7-8,10,12-17,19H2. The lowest BCUT2D eigenvalue weighted by molar-refractivity contribution is -0.125. The maximum Gasteiger partial charge on any atom is 0.254 e. The number of benzene rings is 1. The molecule has 0 N–H and O–H groups in total. The summed E-state index contributed by atoms with van der Waals surface area (Å²) in [5.74, 6) is 1.41. The van der Waals surface area contributed by atoms with E-state index in [1.807, 2.05) is 17.0 Å². The second-order valence-electron chi connectivity index (χ2n) is 10.2. The Bertz CT molecular complexity index is 1210. The number of ether oxygens (including phenoxy) is 1. The number of rotatable bonds is 3. The van der Waals surface area contributed by atoms with Crippen molar-refractivity contribution in [3.63, 3.8) is 0 Å². The molecule has 180 valence electrons. The average Bonchev–Trinajstić information content (AvgIpc) is 3.36. The lowest BCUT2D eigenvalue weighted by Crippen LogP contribution is -2.49. The molecule has 1 saturated carbocycles. The van der Waals surface area contributed by atoms with Crippen molar-refractivity contribution in [3.8, 4) is 6.07 Å². The molecular formula is C29H32N4O2. The lowest BCUT2D eigenvalue weighted by Gasteiger charge is -2.37. The largest absolute Gasteiger partial charge is 0.376 e. The van der Waals surface area contributed by atoms with Crippen LogP contribution in [0, 0.1) is 11.3 Å². The molecule has 2 aliphatic heterocycles. The monoisotopic (exact) mass is 468 g/mol. The first-order chi connectivity index (χ1) is 17.2. The number of piperazine rings is 1. The first kappa shape index (κ1) is 22.3. The van der Waals surface area contributed by atoms with Gasteiger partial charge >= 0.3 is 0 Å². The van der Waals surface area contributed by atoms with E-state index >= 15 is 0 Å². The van der Waals surface area contributed by atoms with Crippen LogP contribution in [-0.4, -0.2) is 48.6 Å². The maximum absolute atomic E-state index is 13.3. The van der Waals surface area contributed by atoms with Crippen molar-refractivity contribution in [3.05, 3.63) is 63.9 Å². The fraction of sp³-hybridized carbons (Fsp3) is 0.483. The van der Waals surface area contributed by atoms with E-state index in [0.29, 0.717) is 45.3 Å². The Balaban J connectivity index is 1.25. The maximum atomic E-state index is 13.3. The number of nitriles is 1. The molecular weight excluding hydrogens is 436 g/mol. The predicted molar refractivity (Wildman–Crippen MR) is 135 cm³/mol. The van der Waals surface area contributed by atoms with E-state index < -0.39 is 0 Å². The van der Waals surface area contributed by atoms with E-state index in [0.717, 1.165) is 40.9 Å². The van der Waals surface area contributed by atoms with Gasteiger partial charge in [0.05, 0.1) is 24.5 Å². The van der Waals surface area contributed by atoms with Crippen LogP contribution in [0.1, 0.15) is 71.5 Å². The molecule has 0 spiro atoms. The van der Waals surface area contributed by atoms with Crippen molar-refractivity contribution in [2.24, 2.45) is 0 Å². The van der Waals surface area contributed by atoms with Gasteiger partial charge in [-0.2, -0.15) is 5.26 Å². The number of aromatic nitrogens is 1. The number of pyridine rings is 1. The fourth-order valence-corrected chi connectivity index (χ4v) is 6.30. The van der Waals surface area contributed by atoms with Gasteiger partial charge in [0.15, 0.2) is 0 Å². The highest BCUT2D eigenvalue weighted by molar-refractivity contribution is 6.20. The number of carbonyl (C=O) groups is 1. The number of fused-ring (bicyclic) bond motifs is 2. The van der Waals surface area contributed by atoms with Crippen molar-refractivity contribution in [2.45, 2.75) is 57.5 Å². The van der Waals surface area contributed by atoms with Crippen LogP contribution in [0.15, 0.2) is 30.3 Å². The third kappa shape index (κ3) is 4.02. The van der Waals surface area contributed by atoms with Crippen LogP contribution in [0.25, 0.3) is 5.57 Å². The summed E-state index contributed by atoms with van der Waals surface area (Å²) in [6, 6.07) is 10.7. The van der Waals surface area contributed by atoms with E-state index in [1.165, 1.54) is 48.9 Å². The van der Waals surface area contributed by atoms with Crippen molar-refractivity contribution in [1.82, 2.24) is 9.88 Å². The summed E-state index contributed by atoms with van der Waals surface area (Å²) in [5, 5.41) is 10.2. The molecule has 1 aromatic carbocycles. The third-order valence-corrected chi connectivity index (χ3v) is 8.20. The average molecular weight is 469 g/mol. The molecule has 35 heavy (non-hydrogen) atoms. The number of allylic oxidation sites excluding steroid dienone is 1. The highest BCUT2D eigenvalue weighted by Crippen LogP contribution is 2.39. The predicted octanol–water partition coefficient (Wildman–Crippen LogP) is 4.36. The summed E-state index contributed by atoms with van der Waals surface area (Å²) in [4.78, 5) is 22.7. The van der Waals surface area contributed by atoms with Crippen LogP contribution in [0.3, 0.4) is 0 Å². The van der Waals surface area contributed by atoms with Crippen molar-refractivity contribution in [1.29, 1.82) is 5.26 Å². The minimum atomic E-state index is 0.119. The van der Waals surface area contributed by atoms with Gasteiger partial charge in [-0.25, -0.2) is 4.98 Å². The van der Waals surface area contributed by atoms with Gasteiger partial charge in [-0.05, 0) is 42.4 Å². The van der Waals surface area contributed by atoms with Gasteiger partial charge in [-0.15, -0.1) is 0 Å². The highest BCUT2D eigenvalue weighted by atomic mass is 16.5. The number of carbonyl (C=O) groups excluding carboxylic acids is 1. The molecule has 4 aliphatic rings. The van der Waals surface area contributed by atoms with Gasteiger partial charge in [0, 0.05) is 43.2 Å². The molecule has 1 amide bonds. The second kappa shape index (κ2) is 9.47. The Morgan fingerprint density at radius 2 is 1.86 bits per heavy atom. The third-order valence-electron chi connectivity index (χ3n) is 8.20. The SMILES string of the molecule is N#Cc1c(N2CCN(C(=O)C3=CCc4ccccc43)CC2)nc(C2CCCCC2)c2c1CCOC2. The van der Waals surface area contributed by atoms with Gasteiger partial charge in [0.2, 0.25) is 0 Å². The molecule has 3 heterocycles. The molecule has 0 bridgehead atoms. The van der Waals surface area contributed by atoms with Gasteiger partial charge in [-0.1, -0.05) is 49.6 Å². The van der Waals surface area contributed by atoms with Gasteiger partial charge < -0.3 is 14.5 Å². The molecule has 2 fully saturated rings. The van der Waals surface area contributed by atoms with Crippen LogP contribution in [-0.2, 0) is 29.0 Å². The summed E-state index contributed by atoms with van der Waals surface area (Å²) in [7, 11) is 0. The summed E-state index contributed by atoms with van der Waals surface area (Å²) in [6.07, 6.45) is 9.81. The molecule has 6 nitrogen and oxygen atoms in total. The van der Waals surface area contributed by atoms with E-state index in [1.54, 1.807) is 0 Å². The molecule has 1 aromatic heterocycles. The minimum Gasteiger partial charge on any atom is -0.376 e. The minimum absolute atomic E-state index is 0.119. The summed E-state index contributed by atoms with van der Waals surface area (Å²) in [6.45, 7) is 3.91. The molecule has 6 rings (SSSR count). The highest BCUT2D eigenvalue weighted by Gasteiger charge is 2.32. The Morgan fingerprint density at radius 1 is 1.06 bits per heavy atom. The zero-order valence-electron chi connectivity index (χ0n) is 20.3. The number of amides is 1. The van der Waals surface area contributed by atoms with E-state index in [2.05, 4.69) is 29.2 Å². The molecule has 2 aromatic rings. The topological polar surface area (TPSA) is 69.5 Å². The van der Waals surface area contributed by atoms with Crippen LogP contribution in [0.5, 0.6) is 0 Å². The lowest BCUT2D eigenvalue weighted by atomic mass is 9.82. The van der Waals surface area contributed by atoms with Crippen LogP contribution in [0.2, 0.25) is 0 Å². The first-order valence-corrected chi connectivity index (χ1v) is 13.1. The summed E-state index contributed by atoms with van der Waals surface area (Å²) >= 11 is 0. The Morgan fingerprint density at radius 3 is 2.66 bits per heavy atom. The first-order valence-electron chi connectivity index (χ1n) is 13.1. The quantitative estimate of drug-likeness (QED) is 0.669. The smallest absolute Gasteiger partial charge is 0.254 e. The Kier molecular flexibility index (Phi) is 6.03. The fourth-order valence-electron chi connectivity index (χ4n) is 6.30. The van der Waals surface area contributed by atoms with Crippen LogP contribution < -0.4 is 4.90 Å². The molecule has 0 unspecified atom stereocenters. The van der Waals surface area contributed by atoms with Crippen LogP contribution >= 0.6 is 0 Å². The Hall–Kier alpha value is -3.17. The van der Waals surface area contributed by atoms with Crippen molar-refractivity contribution in [2.75, 3.05) is 37.7 Å².